The van der Waals surface area contributed by atoms with E-state index in [1.807, 2.05) is 18.2 Å². The minimum absolute atomic E-state index is 0. The standard InChI is InChI=1S/C14H22N2O2.ClH/c1-14(2,3)11-5-4-6-12(9-11)18-8-7-16-13(17)10-15;/h4-6,9H,7-8,10,15H2,1-3H3,(H,16,17);1H. The van der Waals surface area contributed by atoms with E-state index < -0.39 is 0 Å². The van der Waals surface area contributed by atoms with Crippen molar-refractivity contribution in [1.29, 1.82) is 0 Å². The number of nitrogens with two attached hydrogens (primary N) is 1. The molecule has 0 aromatic heterocycles. The van der Waals surface area contributed by atoms with Crippen molar-refractivity contribution < 1.29 is 9.53 Å². The fourth-order valence-corrected chi connectivity index (χ4v) is 1.48. The van der Waals surface area contributed by atoms with Crippen molar-refractivity contribution in [3.8, 4) is 5.75 Å². The third kappa shape index (κ3) is 6.45. The maximum Gasteiger partial charge on any atom is 0.233 e. The number of hydrogen-bond donors (Lipinski definition) is 2. The van der Waals surface area contributed by atoms with Gasteiger partial charge in [0.05, 0.1) is 13.1 Å². The number of nitrogens with one attached hydrogen (secondary N) is 1. The predicted octanol–water partition coefficient (Wildman–Crippen LogP) is 1.86. The fraction of sp³-hybridized carbons (Fsp3) is 0.500. The van der Waals surface area contributed by atoms with Gasteiger partial charge in [-0.1, -0.05) is 32.9 Å². The van der Waals surface area contributed by atoms with Crippen LogP contribution < -0.4 is 15.8 Å². The van der Waals surface area contributed by atoms with E-state index in [1.165, 1.54) is 5.56 Å². The molecule has 4 nitrogen and oxygen atoms in total. The van der Waals surface area contributed by atoms with Gasteiger partial charge in [-0.15, -0.1) is 12.4 Å². The lowest BCUT2D eigenvalue weighted by Crippen LogP contribution is -2.33. The molecule has 5 heteroatoms. The lowest BCUT2D eigenvalue weighted by molar-refractivity contribution is -0.119. The van der Waals surface area contributed by atoms with Crippen LogP contribution in [0.15, 0.2) is 24.3 Å². The Hall–Kier alpha value is -1.26. The first-order valence-corrected chi connectivity index (χ1v) is 6.13. The second-order valence-corrected chi connectivity index (χ2v) is 5.18. The lowest BCUT2D eigenvalue weighted by atomic mass is 9.87. The normalized spacial score (nSPS) is 10.5. The molecule has 0 unspecified atom stereocenters. The van der Waals surface area contributed by atoms with Crippen molar-refractivity contribution >= 4 is 18.3 Å². The Morgan fingerprint density at radius 3 is 2.63 bits per heavy atom. The molecule has 1 aromatic rings. The molecular formula is C14H23ClN2O2. The number of halogens is 1. The first-order valence-electron chi connectivity index (χ1n) is 6.13. The largest absolute Gasteiger partial charge is 0.492 e. The summed E-state index contributed by atoms with van der Waals surface area (Å²) in [7, 11) is 0. The van der Waals surface area contributed by atoms with Crippen LogP contribution in [0.5, 0.6) is 5.75 Å². The van der Waals surface area contributed by atoms with Gasteiger partial charge in [-0.3, -0.25) is 4.79 Å². The summed E-state index contributed by atoms with van der Waals surface area (Å²) in [6.07, 6.45) is 0. The zero-order valence-electron chi connectivity index (χ0n) is 11.7. The molecule has 0 aliphatic heterocycles. The Balaban J connectivity index is 0.00000324. The second kappa shape index (κ2) is 8.02. The minimum Gasteiger partial charge on any atom is -0.492 e. The second-order valence-electron chi connectivity index (χ2n) is 5.18. The maximum atomic E-state index is 10.9. The summed E-state index contributed by atoms with van der Waals surface area (Å²) in [5.41, 5.74) is 6.51. The Morgan fingerprint density at radius 2 is 2.05 bits per heavy atom. The fourth-order valence-electron chi connectivity index (χ4n) is 1.48. The number of hydrogen-bond acceptors (Lipinski definition) is 3. The summed E-state index contributed by atoms with van der Waals surface area (Å²) in [5.74, 6) is 0.659. The van der Waals surface area contributed by atoms with Crippen LogP contribution in [0.25, 0.3) is 0 Å². The van der Waals surface area contributed by atoms with Crippen LogP contribution in [-0.4, -0.2) is 25.6 Å². The molecule has 0 radical (unpaired) electrons. The number of carbonyl (C=O) groups is 1. The monoisotopic (exact) mass is 286 g/mol. The molecule has 0 fully saturated rings. The molecule has 1 amide bonds. The SMILES string of the molecule is CC(C)(C)c1cccc(OCCNC(=O)CN)c1.Cl. The molecule has 0 heterocycles. The highest BCUT2D eigenvalue weighted by molar-refractivity contribution is 5.85. The van der Waals surface area contributed by atoms with E-state index in [-0.39, 0.29) is 30.3 Å². The summed E-state index contributed by atoms with van der Waals surface area (Å²) in [6.45, 7) is 7.41. The van der Waals surface area contributed by atoms with Gasteiger partial charge < -0.3 is 15.8 Å². The number of amides is 1. The molecule has 0 bridgehead atoms. The first kappa shape index (κ1) is 17.7. The Morgan fingerprint density at radius 1 is 1.37 bits per heavy atom. The summed E-state index contributed by atoms with van der Waals surface area (Å²) >= 11 is 0. The van der Waals surface area contributed by atoms with Gasteiger partial charge in [-0.2, -0.15) is 0 Å². The van der Waals surface area contributed by atoms with E-state index in [2.05, 4.69) is 32.2 Å². The van der Waals surface area contributed by atoms with Gasteiger partial charge >= 0.3 is 0 Å². The molecule has 1 aromatic carbocycles. The molecule has 19 heavy (non-hydrogen) atoms. The van der Waals surface area contributed by atoms with Crippen LogP contribution in [0.2, 0.25) is 0 Å². The molecule has 108 valence electrons. The molecule has 1 rings (SSSR count). The van der Waals surface area contributed by atoms with E-state index in [0.29, 0.717) is 13.2 Å². The number of carbonyl (C=O) groups excluding carboxylic acids is 1. The number of rotatable bonds is 5. The maximum absolute atomic E-state index is 10.9. The molecule has 3 N–H and O–H groups in total. The zero-order chi connectivity index (χ0) is 13.6. The summed E-state index contributed by atoms with van der Waals surface area (Å²) in [5, 5.41) is 2.66. The Labute approximate surface area is 121 Å². The van der Waals surface area contributed by atoms with Gasteiger partial charge in [0.15, 0.2) is 0 Å². The summed E-state index contributed by atoms with van der Waals surface area (Å²) < 4.78 is 5.58. The summed E-state index contributed by atoms with van der Waals surface area (Å²) in [6, 6.07) is 8.02. The molecule has 0 saturated heterocycles. The molecule has 0 saturated carbocycles. The third-order valence-corrected chi connectivity index (χ3v) is 2.58. The van der Waals surface area contributed by atoms with Gasteiger partial charge in [-0.05, 0) is 23.1 Å². The summed E-state index contributed by atoms with van der Waals surface area (Å²) in [4.78, 5) is 10.9. The van der Waals surface area contributed by atoms with Crippen LogP contribution in [0.1, 0.15) is 26.3 Å². The van der Waals surface area contributed by atoms with Crippen molar-refractivity contribution in [2.24, 2.45) is 5.73 Å². The van der Waals surface area contributed by atoms with Gasteiger partial charge in [0.25, 0.3) is 0 Å². The number of ether oxygens (including phenoxy) is 1. The highest BCUT2D eigenvalue weighted by atomic mass is 35.5. The quantitative estimate of drug-likeness (QED) is 0.812. The van der Waals surface area contributed by atoms with Gasteiger partial charge in [0.1, 0.15) is 12.4 Å². The van der Waals surface area contributed by atoms with E-state index in [1.54, 1.807) is 0 Å². The topological polar surface area (TPSA) is 64.3 Å². The van der Waals surface area contributed by atoms with E-state index >= 15 is 0 Å². The smallest absolute Gasteiger partial charge is 0.233 e. The van der Waals surface area contributed by atoms with Crippen molar-refractivity contribution in [1.82, 2.24) is 5.32 Å². The molecule has 0 aliphatic rings. The minimum atomic E-state index is -0.165. The van der Waals surface area contributed by atoms with Crippen molar-refractivity contribution in [2.75, 3.05) is 19.7 Å². The molecule has 0 spiro atoms. The van der Waals surface area contributed by atoms with Crippen LogP contribution in [-0.2, 0) is 10.2 Å². The third-order valence-electron chi connectivity index (χ3n) is 2.58. The lowest BCUT2D eigenvalue weighted by Gasteiger charge is -2.19. The average molecular weight is 287 g/mol. The van der Waals surface area contributed by atoms with Gasteiger partial charge in [0.2, 0.25) is 5.91 Å². The molecular weight excluding hydrogens is 264 g/mol. The highest BCUT2D eigenvalue weighted by Crippen LogP contribution is 2.25. The highest BCUT2D eigenvalue weighted by Gasteiger charge is 2.13. The van der Waals surface area contributed by atoms with Crippen molar-refractivity contribution in [3.63, 3.8) is 0 Å². The average Bonchev–Trinajstić information content (AvgIpc) is 2.33. The van der Waals surface area contributed by atoms with Gasteiger partial charge in [-0.25, -0.2) is 0 Å². The van der Waals surface area contributed by atoms with Crippen LogP contribution in [0.4, 0.5) is 0 Å². The van der Waals surface area contributed by atoms with E-state index in [9.17, 15) is 4.79 Å². The van der Waals surface area contributed by atoms with Crippen LogP contribution >= 0.6 is 12.4 Å². The Bertz CT molecular complexity index is 403. The molecule has 0 aliphatic carbocycles. The Kier molecular flexibility index (Phi) is 7.49. The van der Waals surface area contributed by atoms with E-state index in [0.717, 1.165) is 5.75 Å². The van der Waals surface area contributed by atoms with Gasteiger partial charge in [0, 0.05) is 0 Å². The number of benzene rings is 1. The molecule has 0 atom stereocenters. The first-order chi connectivity index (χ1) is 8.43. The van der Waals surface area contributed by atoms with Crippen molar-refractivity contribution in [3.05, 3.63) is 29.8 Å². The van der Waals surface area contributed by atoms with Crippen LogP contribution in [0, 0.1) is 0 Å². The van der Waals surface area contributed by atoms with E-state index in [4.69, 9.17) is 10.5 Å². The van der Waals surface area contributed by atoms with Crippen LogP contribution in [0.3, 0.4) is 0 Å². The predicted molar refractivity (Wildman–Crippen MR) is 79.9 cm³/mol. The zero-order valence-corrected chi connectivity index (χ0v) is 12.5. The van der Waals surface area contributed by atoms with Crippen molar-refractivity contribution in [2.45, 2.75) is 26.2 Å².